The molecule has 0 saturated carbocycles. The topological polar surface area (TPSA) is 23.5 Å². The van der Waals surface area contributed by atoms with Crippen LogP contribution in [0.25, 0.3) is 0 Å². The average Bonchev–Trinajstić information content (AvgIpc) is 2.53. The zero-order valence-corrected chi connectivity index (χ0v) is 14.1. The molecule has 1 rings (SSSR count). The third kappa shape index (κ3) is 7.10. The summed E-state index contributed by atoms with van der Waals surface area (Å²) in [5.74, 6) is 0. The molecule has 21 heavy (non-hydrogen) atoms. The van der Waals surface area contributed by atoms with Crippen LogP contribution in [0.3, 0.4) is 0 Å². The molecular formula is C19H33NO. The lowest BCUT2D eigenvalue weighted by atomic mass is 10.0. The predicted molar refractivity (Wildman–Crippen MR) is 91.5 cm³/mol. The van der Waals surface area contributed by atoms with Gasteiger partial charge in [0.05, 0.1) is 6.10 Å². The minimum absolute atomic E-state index is 0.160. The van der Waals surface area contributed by atoms with Crippen molar-refractivity contribution in [1.82, 2.24) is 4.90 Å². The van der Waals surface area contributed by atoms with Crippen LogP contribution >= 0.6 is 0 Å². The van der Waals surface area contributed by atoms with Gasteiger partial charge in [0.1, 0.15) is 0 Å². The molecule has 0 heterocycles. The Morgan fingerprint density at radius 3 is 2.14 bits per heavy atom. The van der Waals surface area contributed by atoms with E-state index in [1.54, 1.807) is 0 Å². The van der Waals surface area contributed by atoms with E-state index in [-0.39, 0.29) is 6.04 Å². The van der Waals surface area contributed by atoms with E-state index >= 15 is 0 Å². The first-order chi connectivity index (χ1) is 10.2. The molecule has 0 aliphatic carbocycles. The molecule has 0 aliphatic heterocycles. The smallest absolute Gasteiger partial charge is 0.0942 e. The number of aliphatic hydroxyl groups excluding tert-OH is 1. The first-order valence-corrected chi connectivity index (χ1v) is 8.60. The van der Waals surface area contributed by atoms with E-state index in [2.05, 4.69) is 25.8 Å². The summed E-state index contributed by atoms with van der Waals surface area (Å²) in [4.78, 5) is 2.28. The number of hydrogen-bond acceptors (Lipinski definition) is 2. The van der Waals surface area contributed by atoms with E-state index in [9.17, 15) is 5.11 Å². The largest absolute Gasteiger partial charge is 0.387 e. The third-order valence-electron chi connectivity index (χ3n) is 4.41. The molecule has 1 aromatic rings. The Bertz CT molecular complexity index is 352. The van der Waals surface area contributed by atoms with E-state index in [0.717, 1.165) is 12.1 Å². The van der Waals surface area contributed by atoms with Crippen molar-refractivity contribution in [3.05, 3.63) is 35.9 Å². The number of hydrogen-bond donors (Lipinski definition) is 1. The molecule has 120 valence electrons. The summed E-state index contributed by atoms with van der Waals surface area (Å²) in [5, 5.41) is 10.4. The van der Waals surface area contributed by atoms with Crippen LogP contribution < -0.4 is 0 Å². The highest BCUT2D eigenvalue weighted by Gasteiger charge is 2.19. The van der Waals surface area contributed by atoms with Crippen molar-refractivity contribution >= 4 is 0 Å². The Hall–Kier alpha value is -0.860. The normalized spacial score (nSPS) is 14.3. The van der Waals surface area contributed by atoms with Crippen LogP contribution in [-0.4, -0.2) is 29.6 Å². The van der Waals surface area contributed by atoms with Gasteiger partial charge >= 0.3 is 0 Å². The summed E-state index contributed by atoms with van der Waals surface area (Å²) in [6, 6.07) is 10.1. The summed E-state index contributed by atoms with van der Waals surface area (Å²) in [7, 11) is 2.12. The Morgan fingerprint density at radius 1 is 0.952 bits per heavy atom. The second-order valence-electron chi connectivity index (χ2n) is 6.20. The standard InChI is InChI=1S/C19H33NO/c1-4-5-6-7-8-9-13-16-20(3)17(2)19(21)18-14-11-10-12-15-18/h10-12,14-15,17,19,21H,4-9,13,16H2,1-3H3. The first-order valence-electron chi connectivity index (χ1n) is 8.60. The van der Waals surface area contributed by atoms with Gasteiger partial charge in [-0.25, -0.2) is 0 Å². The summed E-state index contributed by atoms with van der Waals surface area (Å²) >= 11 is 0. The number of benzene rings is 1. The van der Waals surface area contributed by atoms with Crippen LogP contribution in [0.4, 0.5) is 0 Å². The fraction of sp³-hybridized carbons (Fsp3) is 0.684. The predicted octanol–water partition coefficient (Wildman–Crippen LogP) is 4.79. The highest BCUT2D eigenvalue weighted by atomic mass is 16.3. The molecule has 0 spiro atoms. The fourth-order valence-corrected chi connectivity index (χ4v) is 2.69. The van der Waals surface area contributed by atoms with Gasteiger partial charge in [-0.3, -0.25) is 0 Å². The minimum Gasteiger partial charge on any atom is -0.387 e. The molecule has 1 aromatic carbocycles. The van der Waals surface area contributed by atoms with Gasteiger partial charge in [0, 0.05) is 6.04 Å². The maximum atomic E-state index is 10.4. The van der Waals surface area contributed by atoms with E-state index in [1.165, 1.54) is 44.9 Å². The second kappa shape index (κ2) is 10.8. The van der Waals surface area contributed by atoms with Gasteiger partial charge < -0.3 is 10.0 Å². The maximum Gasteiger partial charge on any atom is 0.0942 e. The van der Waals surface area contributed by atoms with Crippen molar-refractivity contribution < 1.29 is 5.11 Å². The van der Waals surface area contributed by atoms with Crippen molar-refractivity contribution in [3.8, 4) is 0 Å². The van der Waals surface area contributed by atoms with Gasteiger partial charge in [-0.1, -0.05) is 75.8 Å². The second-order valence-corrected chi connectivity index (χ2v) is 6.20. The summed E-state index contributed by atoms with van der Waals surface area (Å²) < 4.78 is 0. The highest BCUT2D eigenvalue weighted by molar-refractivity contribution is 5.18. The Morgan fingerprint density at radius 2 is 1.52 bits per heavy atom. The third-order valence-corrected chi connectivity index (χ3v) is 4.41. The lowest BCUT2D eigenvalue weighted by molar-refractivity contribution is 0.0716. The maximum absolute atomic E-state index is 10.4. The Balaban J connectivity index is 2.20. The highest BCUT2D eigenvalue weighted by Crippen LogP contribution is 2.20. The summed E-state index contributed by atoms with van der Waals surface area (Å²) in [5.41, 5.74) is 1.01. The molecule has 0 aliphatic rings. The van der Waals surface area contributed by atoms with E-state index in [1.807, 2.05) is 30.3 Å². The van der Waals surface area contributed by atoms with Crippen LogP contribution in [0, 0.1) is 0 Å². The molecule has 0 amide bonds. The number of aliphatic hydroxyl groups is 1. The first kappa shape index (κ1) is 18.2. The minimum atomic E-state index is -0.402. The van der Waals surface area contributed by atoms with Crippen LogP contribution in [0.15, 0.2) is 30.3 Å². The molecule has 2 atom stereocenters. The molecular weight excluding hydrogens is 258 g/mol. The lowest BCUT2D eigenvalue weighted by Gasteiger charge is -2.29. The molecule has 2 nitrogen and oxygen atoms in total. The number of unbranched alkanes of at least 4 members (excludes halogenated alkanes) is 6. The number of likely N-dealkylation sites (N-methyl/N-ethyl adjacent to an activating group) is 1. The Kier molecular flexibility index (Phi) is 9.36. The number of nitrogens with zero attached hydrogens (tertiary/aromatic N) is 1. The summed E-state index contributed by atoms with van der Waals surface area (Å²) in [6.07, 6.45) is 8.94. The summed E-state index contributed by atoms with van der Waals surface area (Å²) in [6.45, 7) is 5.44. The van der Waals surface area contributed by atoms with Crippen LogP contribution in [0.2, 0.25) is 0 Å². The van der Waals surface area contributed by atoms with Gasteiger partial charge in [-0.05, 0) is 32.5 Å². The molecule has 2 heteroatoms. The van der Waals surface area contributed by atoms with Crippen molar-refractivity contribution in [2.45, 2.75) is 70.9 Å². The quantitative estimate of drug-likeness (QED) is 0.592. The molecule has 0 bridgehead atoms. The molecule has 0 saturated heterocycles. The fourth-order valence-electron chi connectivity index (χ4n) is 2.69. The van der Waals surface area contributed by atoms with Gasteiger partial charge in [-0.15, -0.1) is 0 Å². The zero-order valence-electron chi connectivity index (χ0n) is 14.1. The number of rotatable bonds is 11. The molecule has 1 N–H and O–H groups in total. The van der Waals surface area contributed by atoms with Crippen molar-refractivity contribution in [1.29, 1.82) is 0 Å². The van der Waals surface area contributed by atoms with Crippen molar-refractivity contribution in [2.75, 3.05) is 13.6 Å². The van der Waals surface area contributed by atoms with E-state index in [4.69, 9.17) is 0 Å². The Labute approximate surface area is 131 Å². The lowest BCUT2D eigenvalue weighted by Crippen LogP contribution is -2.35. The zero-order chi connectivity index (χ0) is 15.5. The van der Waals surface area contributed by atoms with E-state index in [0.29, 0.717) is 0 Å². The molecule has 2 unspecified atom stereocenters. The van der Waals surface area contributed by atoms with Crippen LogP contribution in [0.1, 0.15) is 70.5 Å². The monoisotopic (exact) mass is 291 g/mol. The molecule has 0 radical (unpaired) electrons. The van der Waals surface area contributed by atoms with Gasteiger partial charge in [0.2, 0.25) is 0 Å². The van der Waals surface area contributed by atoms with Crippen LogP contribution in [0.5, 0.6) is 0 Å². The molecule has 0 fully saturated rings. The SMILES string of the molecule is CCCCCCCCCN(C)C(C)C(O)c1ccccc1. The van der Waals surface area contributed by atoms with Gasteiger partial charge in [-0.2, -0.15) is 0 Å². The van der Waals surface area contributed by atoms with Crippen molar-refractivity contribution in [2.24, 2.45) is 0 Å². The van der Waals surface area contributed by atoms with Gasteiger partial charge in [0.15, 0.2) is 0 Å². The molecule has 0 aromatic heterocycles. The average molecular weight is 291 g/mol. The van der Waals surface area contributed by atoms with Crippen LogP contribution in [-0.2, 0) is 0 Å². The van der Waals surface area contributed by atoms with Gasteiger partial charge in [0.25, 0.3) is 0 Å². The van der Waals surface area contributed by atoms with Crippen molar-refractivity contribution in [3.63, 3.8) is 0 Å². The van der Waals surface area contributed by atoms with E-state index < -0.39 is 6.10 Å².